The van der Waals surface area contributed by atoms with Gasteiger partial charge in [-0.3, -0.25) is 9.59 Å². The quantitative estimate of drug-likeness (QED) is 0.679. The van der Waals surface area contributed by atoms with Crippen LogP contribution in [0.4, 0.5) is 0 Å². The van der Waals surface area contributed by atoms with Crippen molar-refractivity contribution in [1.82, 2.24) is 15.1 Å². The summed E-state index contributed by atoms with van der Waals surface area (Å²) in [6, 6.07) is 6.11. The molecule has 0 radical (unpaired) electrons. The number of hydrogen-bond acceptors (Lipinski definition) is 5. The van der Waals surface area contributed by atoms with E-state index in [1.807, 2.05) is 6.07 Å². The first kappa shape index (κ1) is 20.5. The molecule has 0 spiro atoms. The molecule has 1 aromatic carbocycles. The summed E-state index contributed by atoms with van der Waals surface area (Å²) in [5, 5.41) is 2.60. The van der Waals surface area contributed by atoms with Crippen LogP contribution in [-0.2, 0) is 16.0 Å². The lowest BCUT2D eigenvalue weighted by molar-refractivity contribution is -0.148. The largest absolute Gasteiger partial charge is 0.493 e. The summed E-state index contributed by atoms with van der Waals surface area (Å²) in [7, 11) is 3.31. The van der Waals surface area contributed by atoms with Gasteiger partial charge >= 0.3 is 11.8 Å². The zero-order valence-electron chi connectivity index (χ0n) is 16.9. The molecule has 7 nitrogen and oxygen atoms in total. The number of rotatable bonds is 8. The summed E-state index contributed by atoms with van der Waals surface area (Å²) in [4.78, 5) is 27.6. The number of amides is 2. The molecule has 0 unspecified atom stereocenters. The summed E-state index contributed by atoms with van der Waals surface area (Å²) in [6.45, 7) is 5.11. The minimum Gasteiger partial charge on any atom is -0.493 e. The lowest BCUT2D eigenvalue weighted by Gasteiger charge is -2.35. The Bertz CT molecular complexity index is 686. The number of nitrogens with one attached hydrogen (secondary N) is 1. The van der Waals surface area contributed by atoms with Crippen molar-refractivity contribution in [2.45, 2.75) is 25.7 Å². The van der Waals surface area contributed by atoms with Gasteiger partial charge in [-0.15, -0.1) is 0 Å². The molecule has 2 aliphatic rings. The third-order valence-electron chi connectivity index (χ3n) is 5.72. The molecule has 3 rings (SSSR count). The number of piperidine rings is 1. The molecule has 0 aromatic heterocycles. The van der Waals surface area contributed by atoms with Crippen molar-refractivity contribution in [3.05, 3.63) is 23.8 Å². The van der Waals surface area contributed by atoms with Gasteiger partial charge < -0.3 is 24.6 Å². The number of carbonyl (C=O) groups excluding carboxylic acids is 2. The smallest absolute Gasteiger partial charge is 0.311 e. The number of methoxy groups -OCH3 is 2. The number of ether oxygens (including phenoxy) is 2. The van der Waals surface area contributed by atoms with Gasteiger partial charge in [-0.25, -0.2) is 0 Å². The second-order valence-corrected chi connectivity index (χ2v) is 7.58. The van der Waals surface area contributed by atoms with Gasteiger partial charge in [-0.05, 0) is 68.9 Å². The maximum Gasteiger partial charge on any atom is 0.311 e. The van der Waals surface area contributed by atoms with E-state index in [0.29, 0.717) is 25.6 Å². The van der Waals surface area contributed by atoms with E-state index in [0.717, 1.165) is 56.8 Å². The molecule has 2 saturated heterocycles. The van der Waals surface area contributed by atoms with E-state index < -0.39 is 5.91 Å². The summed E-state index contributed by atoms with van der Waals surface area (Å²) >= 11 is 0. The Hall–Kier alpha value is -2.28. The topological polar surface area (TPSA) is 71.1 Å². The van der Waals surface area contributed by atoms with Gasteiger partial charge in [0.1, 0.15) is 0 Å². The number of carbonyl (C=O) groups is 2. The summed E-state index contributed by atoms with van der Waals surface area (Å²) in [6.07, 6.45) is 4.28. The van der Waals surface area contributed by atoms with Crippen LogP contribution in [0.5, 0.6) is 11.5 Å². The van der Waals surface area contributed by atoms with Crippen molar-refractivity contribution >= 4 is 11.8 Å². The van der Waals surface area contributed by atoms with E-state index in [4.69, 9.17) is 9.47 Å². The number of likely N-dealkylation sites (tertiary alicyclic amines) is 1. The Morgan fingerprint density at radius 1 is 1.07 bits per heavy atom. The maximum absolute atomic E-state index is 11.9. The third kappa shape index (κ3) is 5.16. The van der Waals surface area contributed by atoms with Crippen molar-refractivity contribution in [3.8, 4) is 11.5 Å². The van der Waals surface area contributed by atoms with Crippen LogP contribution in [0.1, 0.15) is 24.8 Å². The second kappa shape index (κ2) is 9.78. The van der Waals surface area contributed by atoms with E-state index in [9.17, 15) is 9.59 Å². The first-order valence-corrected chi connectivity index (χ1v) is 10.1. The third-order valence-corrected chi connectivity index (χ3v) is 5.72. The number of aryl methyl sites for hydroxylation is 1. The van der Waals surface area contributed by atoms with E-state index >= 15 is 0 Å². The molecule has 2 aliphatic heterocycles. The van der Waals surface area contributed by atoms with Gasteiger partial charge in [0, 0.05) is 19.6 Å². The normalized spacial score (nSPS) is 18.9. The predicted octanol–water partition coefficient (Wildman–Crippen LogP) is 1.31. The van der Waals surface area contributed by atoms with Gasteiger partial charge in [0.15, 0.2) is 11.5 Å². The van der Waals surface area contributed by atoms with Gasteiger partial charge in [0.2, 0.25) is 0 Å². The number of hydrogen-bond donors (Lipinski definition) is 1. The molecule has 1 N–H and O–H groups in total. The van der Waals surface area contributed by atoms with Gasteiger partial charge in [0.25, 0.3) is 0 Å². The van der Waals surface area contributed by atoms with Crippen molar-refractivity contribution < 1.29 is 19.1 Å². The van der Waals surface area contributed by atoms with Crippen molar-refractivity contribution in [1.29, 1.82) is 0 Å². The van der Waals surface area contributed by atoms with Crippen LogP contribution >= 0.6 is 0 Å². The van der Waals surface area contributed by atoms with E-state index in [2.05, 4.69) is 22.3 Å². The lowest BCUT2D eigenvalue weighted by Crippen LogP contribution is -2.53. The minimum atomic E-state index is -0.459. The predicted molar refractivity (Wildman–Crippen MR) is 107 cm³/mol. The highest BCUT2D eigenvalue weighted by molar-refractivity contribution is 6.35. The highest BCUT2D eigenvalue weighted by Gasteiger charge is 2.29. The van der Waals surface area contributed by atoms with Crippen LogP contribution in [-0.4, -0.2) is 75.1 Å². The average molecular weight is 389 g/mol. The standard InChI is InChI=1S/C21H31N3O4/c1-27-18-6-5-16(14-19(18)28-2)4-3-10-23-11-7-17(8-12-23)15-24-13-9-22-20(25)21(24)26/h5-6,14,17H,3-4,7-13,15H2,1-2H3,(H,22,25). The Kier molecular flexibility index (Phi) is 7.14. The number of benzene rings is 1. The molecule has 1 aromatic rings. The molecule has 2 heterocycles. The first-order valence-electron chi connectivity index (χ1n) is 10.1. The van der Waals surface area contributed by atoms with Crippen LogP contribution in [0.3, 0.4) is 0 Å². The fourth-order valence-corrected chi connectivity index (χ4v) is 4.05. The van der Waals surface area contributed by atoms with Crippen LogP contribution < -0.4 is 14.8 Å². The second-order valence-electron chi connectivity index (χ2n) is 7.58. The molecular formula is C21H31N3O4. The number of nitrogens with zero attached hydrogens (tertiary/aromatic N) is 2. The van der Waals surface area contributed by atoms with Gasteiger partial charge in [-0.1, -0.05) is 6.07 Å². The molecule has 2 fully saturated rings. The molecular weight excluding hydrogens is 358 g/mol. The van der Waals surface area contributed by atoms with E-state index in [1.54, 1.807) is 19.1 Å². The van der Waals surface area contributed by atoms with Crippen molar-refractivity contribution in [2.24, 2.45) is 5.92 Å². The zero-order valence-corrected chi connectivity index (χ0v) is 16.9. The number of piperazine rings is 1. The molecule has 2 amide bonds. The molecule has 7 heteroatoms. The Morgan fingerprint density at radius 2 is 1.82 bits per heavy atom. The molecule has 0 atom stereocenters. The highest BCUT2D eigenvalue weighted by atomic mass is 16.5. The van der Waals surface area contributed by atoms with E-state index in [-0.39, 0.29) is 5.91 Å². The molecule has 28 heavy (non-hydrogen) atoms. The average Bonchev–Trinajstić information content (AvgIpc) is 2.72. The SMILES string of the molecule is COc1ccc(CCCN2CCC(CN3CCNC(=O)C3=O)CC2)cc1OC. The molecule has 0 saturated carbocycles. The lowest BCUT2D eigenvalue weighted by atomic mass is 9.95. The van der Waals surface area contributed by atoms with Crippen LogP contribution in [0.25, 0.3) is 0 Å². The van der Waals surface area contributed by atoms with Crippen LogP contribution in [0, 0.1) is 5.92 Å². The zero-order chi connectivity index (χ0) is 19.9. The monoisotopic (exact) mass is 389 g/mol. The Labute approximate surface area is 167 Å². The molecule has 154 valence electrons. The summed E-state index contributed by atoms with van der Waals surface area (Å²) in [5.74, 6) is 1.21. The van der Waals surface area contributed by atoms with Crippen molar-refractivity contribution in [3.63, 3.8) is 0 Å². The minimum absolute atomic E-state index is 0.372. The fourth-order valence-electron chi connectivity index (χ4n) is 4.05. The fraction of sp³-hybridized carbons (Fsp3) is 0.619. The summed E-state index contributed by atoms with van der Waals surface area (Å²) < 4.78 is 10.7. The van der Waals surface area contributed by atoms with Crippen LogP contribution in [0.15, 0.2) is 18.2 Å². The summed E-state index contributed by atoms with van der Waals surface area (Å²) in [5.41, 5.74) is 1.26. The molecule has 0 bridgehead atoms. The Balaban J connectivity index is 1.38. The van der Waals surface area contributed by atoms with Gasteiger partial charge in [0.05, 0.1) is 14.2 Å². The van der Waals surface area contributed by atoms with Gasteiger partial charge in [-0.2, -0.15) is 0 Å². The molecule has 0 aliphatic carbocycles. The van der Waals surface area contributed by atoms with Crippen molar-refractivity contribution in [2.75, 3.05) is 53.5 Å². The Morgan fingerprint density at radius 3 is 2.54 bits per heavy atom. The van der Waals surface area contributed by atoms with Crippen LogP contribution in [0.2, 0.25) is 0 Å². The van der Waals surface area contributed by atoms with E-state index in [1.165, 1.54) is 5.56 Å². The maximum atomic E-state index is 11.9. The first-order chi connectivity index (χ1) is 13.6. The highest BCUT2D eigenvalue weighted by Crippen LogP contribution is 2.28.